The van der Waals surface area contributed by atoms with Crippen LogP contribution in [0.1, 0.15) is 18.9 Å². The van der Waals surface area contributed by atoms with Crippen LogP contribution >= 0.6 is 11.6 Å². The Labute approximate surface area is 152 Å². The van der Waals surface area contributed by atoms with Gasteiger partial charge in [0, 0.05) is 11.6 Å². The summed E-state index contributed by atoms with van der Waals surface area (Å²) in [5.74, 6) is 0.581. The minimum Gasteiger partial charge on any atom is -0.481 e. The zero-order valence-electron chi connectivity index (χ0n) is 14.0. The highest BCUT2D eigenvalue weighted by atomic mass is 35.5. The van der Waals surface area contributed by atoms with Crippen molar-refractivity contribution in [2.75, 3.05) is 0 Å². The molecule has 0 saturated carbocycles. The van der Waals surface area contributed by atoms with Crippen molar-refractivity contribution in [2.45, 2.75) is 26.0 Å². The fourth-order valence-corrected chi connectivity index (χ4v) is 2.76. The molecule has 4 heteroatoms. The van der Waals surface area contributed by atoms with E-state index in [1.54, 1.807) is 0 Å². The van der Waals surface area contributed by atoms with E-state index in [9.17, 15) is 4.79 Å². The summed E-state index contributed by atoms with van der Waals surface area (Å²) < 4.78 is 5.91. The van der Waals surface area contributed by atoms with Crippen LogP contribution in [0.5, 0.6) is 5.75 Å². The average molecular weight is 354 g/mol. The molecule has 128 valence electrons. The van der Waals surface area contributed by atoms with Crippen LogP contribution in [0, 0.1) is 0 Å². The van der Waals surface area contributed by atoms with Crippen molar-refractivity contribution in [3.8, 4) is 5.75 Å². The van der Waals surface area contributed by atoms with Crippen LogP contribution in [-0.2, 0) is 11.3 Å². The smallest absolute Gasteiger partial charge is 0.261 e. The van der Waals surface area contributed by atoms with Gasteiger partial charge in [-0.1, -0.05) is 61.0 Å². The molecule has 0 saturated heterocycles. The van der Waals surface area contributed by atoms with E-state index in [0.717, 1.165) is 16.3 Å². The largest absolute Gasteiger partial charge is 0.481 e. The zero-order chi connectivity index (χ0) is 17.6. The monoisotopic (exact) mass is 353 g/mol. The van der Waals surface area contributed by atoms with Crippen molar-refractivity contribution in [3.63, 3.8) is 0 Å². The second kappa shape index (κ2) is 8.04. The summed E-state index contributed by atoms with van der Waals surface area (Å²) in [6, 6.07) is 21.4. The SMILES string of the molecule is CCC(Oc1ccc2ccccc2c1)C(=O)NCc1ccc(Cl)cc1. The van der Waals surface area contributed by atoms with Crippen LogP contribution in [0.4, 0.5) is 0 Å². The molecule has 3 aromatic carbocycles. The highest BCUT2D eigenvalue weighted by Crippen LogP contribution is 2.22. The molecule has 3 aromatic rings. The van der Waals surface area contributed by atoms with Gasteiger partial charge in [-0.25, -0.2) is 0 Å². The van der Waals surface area contributed by atoms with Gasteiger partial charge in [0.1, 0.15) is 5.75 Å². The lowest BCUT2D eigenvalue weighted by molar-refractivity contribution is -0.128. The zero-order valence-corrected chi connectivity index (χ0v) is 14.8. The van der Waals surface area contributed by atoms with Gasteiger partial charge in [-0.3, -0.25) is 4.79 Å². The Balaban J connectivity index is 1.64. The van der Waals surface area contributed by atoms with Crippen molar-refractivity contribution in [2.24, 2.45) is 0 Å². The average Bonchev–Trinajstić information content (AvgIpc) is 2.65. The van der Waals surface area contributed by atoms with E-state index in [0.29, 0.717) is 23.7 Å². The number of fused-ring (bicyclic) bond motifs is 1. The Morgan fingerprint density at radius 1 is 1.04 bits per heavy atom. The molecule has 0 aromatic heterocycles. The Kier molecular flexibility index (Phi) is 5.56. The predicted molar refractivity (Wildman–Crippen MR) is 102 cm³/mol. The second-order valence-corrected chi connectivity index (χ2v) is 6.30. The summed E-state index contributed by atoms with van der Waals surface area (Å²) in [6.45, 7) is 2.39. The first-order valence-electron chi connectivity index (χ1n) is 8.33. The topological polar surface area (TPSA) is 38.3 Å². The van der Waals surface area contributed by atoms with Crippen molar-refractivity contribution >= 4 is 28.3 Å². The molecule has 1 atom stereocenters. The van der Waals surface area contributed by atoms with Gasteiger partial charge in [0.15, 0.2) is 6.10 Å². The van der Waals surface area contributed by atoms with E-state index < -0.39 is 6.10 Å². The Bertz CT molecular complexity index is 861. The second-order valence-electron chi connectivity index (χ2n) is 5.87. The molecule has 3 nitrogen and oxygen atoms in total. The fourth-order valence-electron chi connectivity index (χ4n) is 2.63. The number of ether oxygens (including phenoxy) is 1. The molecule has 0 bridgehead atoms. The van der Waals surface area contributed by atoms with E-state index in [1.807, 2.05) is 67.6 Å². The number of halogens is 1. The van der Waals surface area contributed by atoms with Crippen LogP contribution in [0.3, 0.4) is 0 Å². The first kappa shape index (κ1) is 17.3. The van der Waals surface area contributed by atoms with Gasteiger partial charge in [0.05, 0.1) is 0 Å². The molecule has 3 rings (SSSR count). The summed E-state index contributed by atoms with van der Waals surface area (Å²) in [5.41, 5.74) is 0.998. The molecule has 0 aliphatic rings. The maximum Gasteiger partial charge on any atom is 0.261 e. The van der Waals surface area contributed by atoms with Crippen LogP contribution in [0.2, 0.25) is 5.02 Å². The Morgan fingerprint density at radius 3 is 2.48 bits per heavy atom. The maximum atomic E-state index is 12.4. The lowest BCUT2D eigenvalue weighted by atomic mass is 10.1. The molecule has 1 amide bonds. The summed E-state index contributed by atoms with van der Waals surface area (Å²) in [5, 5.41) is 5.84. The quantitative estimate of drug-likeness (QED) is 0.679. The number of benzene rings is 3. The van der Waals surface area contributed by atoms with Crippen molar-refractivity contribution in [3.05, 3.63) is 77.3 Å². The summed E-state index contributed by atoms with van der Waals surface area (Å²) >= 11 is 5.87. The molecule has 0 spiro atoms. The maximum absolute atomic E-state index is 12.4. The highest BCUT2D eigenvalue weighted by Gasteiger charge is 2.18. The number of carbonyl (C=O) groups is 1. The van der Waals surface area contributed by atoms with Crippen LogP contribution in [0.25, 0.3) is 10.8 Å². The van der Waals surface area contributed by atoms with Gasteiger partial charge in [-0.05, 0) is 47.0 Å². The lowest BCUT2D eigenvalue weighted by Gasteiger charge is -2.17. The lowest BCUT2D eigenvalue weighted by Crippen LogP contribution is -2.37. The highest BCUT2D eigenvalue weighted by molar-refractivity contribution is 6.30. The predicted octanol–water partition coefficient (Wildman–Crippen LogP) is 4.97. The minimum absolute atomic E-state index is 0.120. The number of nitrogens with one attached hydrogen (secondary N) is 1. The van der Waals surface area contributed by atoms with Crippen LogP contribution in [0.15, 0.2) is 66.7 Å². The number of hydrogen-bond donors (Lipinski definition) is 1. The molecule has 1 N–H and O–H groups in total. The molecule has 0 heterocycles. The normalized spacial score (nSPS) is 11.9. The van der Waals surface area contributed by atoms with Crippen LogP contribution < -0.4 is 10.1 Å². The third-order valence-electron chi connectivity index (χ3n) is 4.04. The van der Waals surface area contributed by atoms with Crippen molar-refractivity contribution in [1.29, 1.82) is 0 Å². The van der Waals surface area contributed by atoms with Gasteiger partial charge >= 0.3 is 0 Å². The van der Waals surface area contributed by atoms with Gasteiger partial charge < -0.3 is 10.1 Å². The van der Waals surface area contributed by atoms with Crippen molar-refractivity contribution < 1.29 is 9.53 Å². The third kappa shape index (κ3) is 4.52. The van der Waals surface area contributed by atoms with E-state index in [2.05, 4.69) is 11.4 Å². The molecule has 0 fully saturated rings. The molecule has 0 radical (unpaired) electrons. The number of carbonyl (C=O) groups excluding carboxylic acids is 1. The molecule has 0 aliphatic heterocycles. The van der Waals surface area contributed by atoms with Crippen molar-refractivity contribution in [1.82, 2.24) is 5.32 Å². The van der Waals surface area contributed by atoms with E-state index >= 15 is 0 Å². The third-order valence-corrected chi connectivity index (χ3v) is 4.29. The summed E-state index contributed by atoms with van der Waals surface area (Å²) in [4.78, 5) is 12.4. The number of rotatable bonds is 6. The first-order chi connectivity index (χ1) is 12.2. The minimum atomic E-state index is -0.520. The Hall–Kier alpha value is -2.52. The van der Waals surface area contributed by atoms with Gasteiger partial charge in [0.2, 0.25) is 0 Å². The Morgan fingerprint density at radius 2 is 1.76 bits per heavy atom. The summed E-state index contributed by atoms with van der Waals surface area (Å²) in [7, 11) is 0. The fraction of sp³-hybridized carbons (Fsp3) is 0.190. The van der Waals surface area contributed by atoms with Gasteiger partial charge in [0.25, 0.3) is 5.91 Å². The molecule has 1 unspecified atom stereocenters. The first-order valence-corrected chi connectivity index (χ1v) is 8.71. The standard InChI is InChI=1S/C21H20ClNO2/c1-2-20(21(24)23-14-15-7-10-18(22)11-8-15)25-19-12-9-16-5-3-4-6-17(16)13-19/h3-13,20H,2,14H2,1H3,(H,23,24). The van der Waals surface area contributed by atoms with Gasteiger partial charge in [-0.2, -0.15) is 0 Å². The van der Waals surface area contributed by atoms with E-state index in [-0.39, 0.29) is 5.91 Å². The molecule has 25 heavy (non-hydrogen) atoms. The van der Waals surface area contributed by atoms with Crippen LogP contribution in [-0.4, -0.2) is 12.0 Å². The number of hydrogen-bond acceptors (Lipinski definition) is 2. The summed E-state index contributed by atoms with van der Waals surface area (Å²) in [6.07, 6.45) is 0.0766. The molecular weight excluding hydrogens is 334 g/mol. The van der Waals surface area contributed by atoms with E-state index in [4.69, 9.17) is 16.3 Å². The molecular formula is C21H20ClNO2. The van der Waals surface area contributed by atoms with Gasteiger partial charge in [-0.15, -0.1) is 0 Å². The number of amides is 1. The molecule has 0 aliphatic carbocycles. The van der Waals surface area contributed by atoms with E-state index in [1.165, 1.54) is 0 Å².